The summed E-state index contributed by atoms with van der Waals surface area (Å²) in [6.07, 6.45) is -51.6. The average molecular weight is 1130 g/mol. The molecule has 0 aromatic carbocycles. The molecule has 34 nitrogen and oxygen atoms in total. The van der Waals surface area contributed by atoms with Crippen LogP contribution in [0.2, 0.25) is 0 Å². The smallest absolute Gasteiger partial charge is 0.217 e. The number of unbranched alkanes of at least 4 members (excludes halogenated alkanes) is 2. The first-order chi connectivity index (χ1) is 36.7. The second-order valence-electron chi connectivity index (χ2n) is 19.4. The molecule has 0 unspecified atom stereocenters. The standard InChI is InChI=1S/C43H75N5O29/c1-13-21(54)25(58)29(62)40(67-13)77-37-26(59)22(55)16(9-49)71-43(37)75-35-20(47-14(2)53)38(69-17(10-50)23(35)56)76-36-24(57)18(11-51)70-42(32(36)65)73-33-15(8-46-48-45)68-41(31(64)28(33)61)74-34-19(12-52)72-39(30(63)27(34)60)66-7-5-3-4-6-44/h13,15-43,49-52,54-65H,3-12,44H2,1-2H3,(H,47,53)/t13-,15+,16+,17+,18+,19+,20+,21+,22-,23-,24-,25+,26-,27+,28+,29-,30+,31+,32+,33-,34+,35+,36-,37+,38-,39+,40-,41-,42+,43-/m0/s1. The highest BCUT2D eigenvalue weighted by atomic mass is 16.8. The molecule has 0 aromatic heterocycles. The molecule has 6 fully saturated rings. The lowest BCUT2D eigenvalue weighted by Gasteiger charge is -2.51. The minimum Gasteiger partial charge on any atom is -0.394 e. The number of aliphatic hydroxyl groups excluding tert-OH is 16. The fourth-order valence-corrected chi connectivity index (χ4v) is 9.70. The molecule has 0 saturated carbocycles. The molecule has 6 rings (SSSR count). The molecule has 19 N–H and O–H groups in total. The first-order valence-corrected chi connectivity index (χ1v) is 25.1. The summed E-state index contributed by atoms with van der Waals surface area (Å²) in [5.74, 6) is -0.867. The number of ether oxygens (including phenoxy) is 12. The van der Waals surface area contributed by atoms with Crippen LogP contribution in [-0.4, -0.2) is 318 Å². The summed E-state index contributed by atoms with van der Waals surface area (Å²) in [5, 5.41) is 180. The monoisotopic (exact) mass is 1130 g/mol. The first kappa shape index (κ1) is 63.8. The Morgan fingerprint density at radius 3 is 1.55 bits per heavy atom. The second-order valence-corrected chi connectivity index (χ2v) is 19.4. The second kappa shape index (κ2) is 29.0. The molecule has 0 spiro atoms. The van der Waals surface area contributed by atoms with E-state index in [1.165, 1.54) is 6.92 Å². The van der Waals surface area contributed by atoms with Gasteiger partial charge in [-0.3, -0.25) is 4.79 Å². The van der Waals surface area contributed by atoms with Gasteiger partial charge in [-0.05, 0) is 38.3 Å². The highest BCUT2D eigenvalue weighted by molar-refractivity contribution is 5.73. The summed E-state index contributed by atoms with van der Waals surface area (Å²) in [7, 11) is 0. The van der Waals surface area contributed by atoms with E-state index in [-0.39, 0.29) is 6.61 Å². The Hall–Kier alpha value is -2.38. The third-order valence-electron chi connectivity index (χ3n) is 14.1. The summed E-state index contributed by atoms with van der Waals surface area (Å²) < 4.78 is 69.5. The Bertz CT molecular complexity index is 1860. The highest BCUT2D eigenvalue weighted by Gasteiger charge is 2.58. The lowest BCUT2D eigenvalue weighted by atomic mass is 9.94. The van der Waals surface area contributed by atoms with Gasteiger partial charge >= 0.3 is 0 Å². The van der Waals surface area contributed by atoms with Crippen molar-refractivity contribution < 1.29 is 143 Å². The maximum absolute atomic E-state index is 12.8. The SMILES string of the molecule is CC(=O)N[C@H]1[C@H](O[C@H]2[C@@H](O)[C@@H](CO)O[C@H](O[C@@H]3[C@H](O)[C@@H](O)[C@H](O[C@H]4[C@H](O)[C@@H](O)[C@H](OCCCCCN)O[C@@H]4CO)O[C@@H]3CN=[N+]=[N-])[C@@H]2O)O[C@H](CO)[C@H](O)[C@@H]1O[C@@H]1O[C@H](CO)[C@H](O)[C@H](O)[C@H]1O[C@@H]1O[C@@H](C)[C@@H](O)[C@@H](O)[C@@H]1O. The number of hydrogen-bond donors (Lipinski definition) is 18. The van der Waals surface area contributed by atoms with Gasteiger partial charge in [0.2, 0.25) is 5.91 Å². The fourth-order valence-electron chi connectivity index (χ4n) is 9.70. The van der Waals surface area contributed by atoms with Crippen molar-refractivity contribution in [2.45, 2.75) is 217 Å². The zero-order valence-corrected chi connectivity index (χ0v) is 41.8. The number of hydrogen-bond acceptors (Lipinski definition) is 31. The Morgan fingerprint density at radius 1 is 0.494 bits per heavy atom. The number of aliphatic hydroxyl groups is 16. The number of carbonyl (C=O) groups is 1. The first-order valence-electron chi connectivity index (χ1n) is 25.1. The van der Waals surface area contributed by atoms with Crippen molar-refractivity contribution in [2.24, 2.45) is 10.8 Å². The summed E-state index contributed by atoms with van der Waals surface area (Å²) in [4.78, 5) is 15.5. The molecular formula is C43H75N5O29. The molecule has 6 aliphatic heterocycles. The van der Waals surface area contributed by atoms with Crippen molar-refractivity contribution in [3.8, 4) is 0 Å². The molecule has 0 aromatic rings. The van der Waals surface area contributed by atoms with E-state index in [9.17, 15) is 92.0 Å². The number of carbonyl (C=O) groups excluding carboxylic acids is 1. The number of nitrogens with two attached hydrogens (primary N) is 1. The molecule has 0 aliphatic carbocycles. The van der Waals surface area contributed by atoms with Crippen LogP contribution in [0.5, 0.6) is 0 Å². The Balaban J connectivity index is 1.22. The van der Waals surface area contributed by atoms with Gasteiger partial charge in [0.05, 0.1) is 45.2 Å². The third kappa shape index (κ3) is 14.6. The molecule has 446 valence electrons. The van der Waals surface area contributed by atoms with Gasteiger partial charge in [-0.25, -0.2) is 0 Å². The number of rotatable bonds is 23. The van der Waals surface area contributed by atoms with Crippen LogP contribution in [-0.2, 0) is 61.6 Å². The van der Waals surface area contributed by atoms with Gasteiger partial charge in [0.25, 0.3) is 0 Å². The van der Waals surface area contributed by atoms with Crippen LogP contribution in [0.1, 0.15) is 33.1 Å². The number of azide groups is 1. The van der Waals surface area contributed by atoms with Crippen LogP contribution < -0.4 is 11.1 Å². The predicted molar refractivity (Wildman–Crippen MR) is 243 cm³/mol. The molecule has 30 atom stereocenters. The van der Waals surface area contributed by atoms with Gasteiger partial charge in [0.1, 0.15) is 134 Å². The quantitative estimate of drug-likeness (QED) is 0.0195. The van der Waals surface area contributed by atoms with E-state index in [2.05, 4.69) is 15.3 Å². The van der Waals surface area contributed by atoms with E-state index in [1.807, 2.05) is 0 Å². The van der Waals surface area contributed by atoms with Crippen molar-refractivity contribution >= 4 is 5.91 Å². The Labute approximate surface area is 438 Å². The van der Waals surface area contributed by atoms with E-state index >= 15 is 0 Å². The van der Waals surface area contributed by atoms with E-state index in [1.54, 1.807) is 0 Å². The number of amides is 1. The van der Waals surface area contributed by atoms with Gasteiger partial charge in [-0.1, -0.05) is 5.11 Å². The summed E-state index contributed by atoms with van der Waals surface area (Å²) >= 11 is 0. The average Bonchev–Trinajstić information content (AvgIpc) is 3.42. The summed E-state index contributed by atoms with van der Waals surface area (Å²) in [6, 6.07) is -1.80. The summed E-state index contributed by atoms with van der Waals surface area (Å²) in [6.45, 7) is -1.63. The lowest BCUT2D eigenvalue weighted by molar-refractivity contribution is -0.392. The van der Waals surface area contributed by atoms with Gasteiger partial charge in [-0.2, -0.15) is 0 Å². The van der Waals surface area contributed by atoms with E-state index in [0.29, 0.717) is 25.8 Å². The maximum Gasteiger partial charge on any atom is 0.217 e. The van der Waals surface area contributed by atoms with Gasteiger partial charge < -0.3 is 150 Å². The molecular weight excluding hydrogens is 1050 g/mol. The molecule has 0 radical (unpaired) electrons. The van der Waals surface area contributed by atoms with Crippen LogP contribution in [0, 0.1) is 0 Å². The molecule has 1 amide bonds. The van der Waals surface area contributed by atoms with Crippen LogP contribution in [0.3, 0.4) is 0 Å². The summed E-state index contributed by atoms with van der Waals surface area (Å²) in [5.41, 5.74) is 14.8. The van der Waals surface area contributed by atoms with E-state index < -0.39 is 223 Å². The third-order valence-corrected chi connectivity index (χ3v) is 14.1. The molecule has 6 saturated heterocycles. The van der Waals surface area contributed by atoms with E-state index in [4.69, 9.17) is 62.6 Å². The van der Waals surface area contributed by atoms with Crippen molar-refractivity contribution in [3.05, 3.63) is 10.4 Å². The van der Waals surface area contributed by atoms with Crippen LogP contribution in [0.15, 0.2) is 5.11 Å². The van der Waals surface area contributed by atoms with Gasteiger partial charge in [-0.15, -0.1) is 0 Å². The zero-order chi connectivity index (χ0) is 56.6. The normalized spacial score (nSPS) is 47.7. The molecule has 6 aliphatic rings. The van der Waals surface area contributed by atoms with Gasteiger partial charge in [0, 0.05) is 18.4 Å². The number of nitrogens with one attached hydrogen (secondary N) is 1. The zero-order valence-electron chi connectivity index (χ0n) is 41.8. The van der Waals surface area contributed by atoms with Crippen molar-refractivity contribution in [3.63, 3.8) is 0 Å². The van der Waals surface area contributed by atoms with E-state index in [0.717, 1.165) is 6.92 Å². The highest BCUT2D eigenvalue weighted by Crippen LogP contribution is 2.37. The molecule has 0 bridgehead atoms. The molecule has 77 heavy (non-hydrogen) atoms. The van der Waals surface area contributed by atoms with Crippen molar-refractivity contribution in [1.29, 1.82) is 0 Å². The Kier molecular flexibility index (Phi) is 24.1. The molecule has 34 heteroatoms. The minimum atomic E-state index is -2.23. The Morgan fingerprint density at radius 2 is 0.948 bits per heavy atom. The van der Waals surface area contributed by atoms with Crippen molar-refractivity contribution in [1.82, 2.24) is 5.32 Å². The van der Waals surface area contributed by atoms with Crippen LogP contribution >= 0.6 is 0 Å². The predicted octanol–water partition coefficient (Wildman–Crippen LogP) is -10.5. The topological polar surface area (TPSA) is 538 Å². The molecule has 6 heterocycles. The van der Waals surface area contributed by atoms with Crippen molar-refractivity contribution in [2.75, 3.05) is 46.1 Å². The van der Waals surface area contributed by atoms with Crippen LogP contribution in [0.25, 0.3) is 10.4 Å². The fraction of sp³-hybridized carbons (Fsp3) is 0.977. The van der Waals surface area contributed by atoms with Gasteiger partial charge in [0.15, 0.2) is 37.7 Å². The van der Waals surface area contributed by atoms with Crippen LogP contribution in [0.4, 0.5) is 0 Å². The lowest BCUT2D eigenvalue weighted by Crippen LogP contribution is -2.70. The maximum atomic E-state index is 12.8. The largest absolute Gasteiger partial charge is 0.394 e. The minimum absolute atomic E-state index is 0.100. The number of nitrogens with zero attached hydrogens (tertiary/aromatic N) is 3.